The number of nitrogens with zero attached hydrogens (tertiary/aromatic N) is 3. The summed E-state index contributed by atoms with van der Waals surface area (Å²) in [6.45, 7) is 3.64. The first-order chi connectivity index (χ1) is 10.3. The van der Waals surface area contributed by atoms with Crippen LogP contribution >= 0.6 is 11.3 Å². The van der Waals surface area contributed by atoms with Crippen molar-refractivity contribution in [2.45, 2.75) is 0 Å². The summed E-state index contributed by atoms with van der Waals surface area (Å²) < 4.78 is 5.30. The van der Waals surface area contributed by atoms with Crippen molar-refractivity contribution in [1.29, 1.82) is 0 Å². The van der Waals surface area contributed by atoms with Gasteiger partial charge in [-0.2, -0.15) is 0 Å². The molecule has 1 fully saturated rings. The van der Waals surface area contributed by atoms with Crippen LogP contribution in [0.1, 0.15) is 10.5 Å². The van der Waals surface area contributed by atoms with Gasteiger partial charge in [-0.25, -0.2) is 4.98 Å². The molecule has 1 aliphatic heterocycles. The summed E-state index contributed by atoms with van der Waals surface area (Å²) in [6, 6.07) is 3.65. The number of aromatic nitrogens is 1. The molecular weight excluding hydrogens is 286 g/mol. The highest BCUT2D eigenvalue weighted by Gasteiger charge is 2.23. The van der Waals surface area contributed by atoms with Crippen molar-refractivity contribution < 1.29 is 9.21 Å². The molecule has 6 heteroatoms. The molecule has 0 saturated carbocycles. The Bertz CT molecular complexity index is 649. The van der Waals surface area contributed by atoms with Crippen molar-refractivity contribution in [2.75, 3.05) is 32.7 Å². The summed E-state index contributed by atoms with van der Waals surface area (Å²) in [7, 11) is 0. The molecule has 0 radical (unpaired) electrons. The predicted octanol–water partition coefficient (Wildman–Crippen LogP) is 1.79. The van der Waals surface area contributed by atoms with E-state index in [1.165, 1.54) is 11.3 Å². The number of amides is 1. The summed E-state index contributed by atoms with van der Waals surface area (Å²) in [4.78, 5) is 20.8. The van der Waals surface area contributed by atoms with Crippen molar-refractivity contribution in [3.8, 4) is 23.1 Å². The first-order valence-electron chi connectivity index (χ1n) is 6.72. The largest absolute Gasteiger partial charge is 0.462 e. The highest BCUT2D eigenvalue weighted by Crippen LogP contribution is 2.24. The molecule has 0 aromatic carbocycles. The van der Waals surface area contributed by atoms with Crippen molar-refractivity contribution in [1.82, 2.24) is 14.8 Å². The molecule has 1 aliphatic rings. The van der Waals surface area contributed by atoms with Crippen molar-refractivity contribution in [2.24, 2.45) is 0 Å². The SMILES string of the molecule is C#CCN1CCN(C(=O)c2csc(-c3ccco3)n2)CC1. The Kier molecular flexibility index (Phi) is 4.04. The van der Waals surface area contributed by atoms with Gasteiger partial charge in [0.15, 0.2) is 10.8 Å². The fourth-order valence-corrected chi connectivity index (χ4v) is 3.05. The van der Waals surface area contributed by atoms with Gasteiger partial charge in [0, 0.05) is 31.6 Å². The van der Waals surface area contributed by atoms with Gasteiger partial charge in [0.1, 0.15) is 5.69 Å². The zero-order valence-corrected chi connectivity index (χ0v) is 12.3. The maximum atomic E-state index is 12.4. The molecule has 0 unspecified atom stereocenters. The lowest BCUT2D eigenvalue weighted by atomic mass is 10.3. The monoisotopic (exact) mass is 301 g/mol. The first kappa shape index (κ1) is 13.9. The van der Waals surface area contributed by atoms with Crippen LogP contribution in [-0.2, 0) is 0 Å². The molecule has 1 saturated heterocycles. The van der Waals surface area contributed by atoms with Gasteiger partial charge < -0.3 is 9.32 Å². The summed E-state index contributed by atoms with van der Waals surface area (Å²) in [5.74, 6) is 3.30. The Morgan fingerprint density at radius 3 is 2.90 bits per heavy atom. The number of carbonyl (C=O) groups excluding carboxylic acids is 1. The molecule has 108 valence electrons. The van der Waals surface area contributed by atoms with Gasteiger partial charge in [-0.05, 0) is 12.1 Å². The average molecular weight is 301 g/mol. The molecule has 2 aromatic rings. The normalized spacial score (nSPS) is 15.9. The highest BCUT2D eigenvalue weighted by molar-refractivity contribution is 7.13. The molecule has 0 spiro atoms. The second-order valence-electron chi connectivity index (χ2n) is 4.79. The Hall–Kier alpha value is -2.10. The Balaban J connectivity index is 1.65. The zero-order valence-electron chi connectivity index (χ0n) is 11.5. The quantitative estimate of drug-likeness (QED) is 0.811. The standard InChI is InChI=1S/C15H15N3O2S/c1-2-5-17-6-8-18(9-7-17)15(19)12-11-21-14(16-12)13-4-3-10-20-13/h1,3-4,10-11H,5-9H2. The van der Waals surface area contributed by atoms with E-state index in [1.807, 2.05) is 17.0 Å². The van der Waals surface area contributed by atoms with Gasteiger partial charge in [0.05, 0.1) is 12.8 Å². The molecule has 0 aliphatic carbocycles. The van der Waals surface area contributed by atoms with E-state index < -0.39 is 0 Å². The maximum Gasteiger partial charge on any atom is 0.273 e. The highest BCUT2D eigenvalue weighted by atomic mass is 32.1. The second kappa shape index (κ2) is 6.12. The number of terminal acetylenes is 1. The summed E-state index contributed by atoms with van der Waals surface area (Å²) >= 11 is 1.42. The minimum Gasteiger partial charge on any atom is -0.462 e. The van der Waals surface area contributed by atoms with Gasteiger partial charge in [-0.3, -0.25) is 9.69 Å². The summed E-state index contributed by atoms with van der Waals surface area (Å²) in [6.07, 6.45) is 6.90. The number of rotatable bonds is 3. The first-order valence-corrected chi connectivity index (χ1v) is 7.60. The van der Waals surface area contributed by atoms with E-state index in [1.54, 1.807) is 11.6 Å². The summed E-state index contributed by atoms with van der Waals surface area (Å²) in [5.41, 5.74) is 0.483. The molecular formula is C15H15N3O2S. The molecule has 3 heterocycles. The lowest BCUT2D eigenvalue weighted by molar-refractivity contribution is 0.0647. The average Bonchev–Trinajstić information content (AvgIpc) is 3.19. The van der Waals surface area contributed by atoms with Gasteiger partial charge >= 0.3 is 0 Å². The van der Waals surface area contributed by atoms with Crippen molar-refractivity contribution in [3.05, 3.63) is 29.5 Å². The van der Waals surface area contributed by atoms with E-state index in [4.69, 9.17) is 10.8 Å². The van der Waals surface area contributed by atoms with Crippen LogP contribution in [0, 0.1) is 12.3 Å². The third-order valence-corrected chi connectivity index (χ3v) is 4.29. The summed E-state index contributed by atoms with van der Waals surface area (Å²) in [5, 5.41) is 2.52. The van der Waals surface area contributed by atoms with Gasteiger partial charge in [-0.1, -0.05) is 5.92 Å². The van der Waals surface area contributed by atoms with Crippen molar-refractivity contribution in [3.63, 3.8) is 0 Å². The third kappa shape index (κ3) is 2.99. The smallest absolute Gasteiger partial charge is 0.273 e. The van der Waals surface area contributed by atoms with Gasteiger partial charge in [-0.15, -0.1) is 17.8 Å². The molecule has 0 N–H and O–H groups in total. The van der Waals surface area contributed by atoms with E-state index in [2.05, 4.69) is 15.8 Å². The molecule has 5 nitrogen and oxygen atoms in total. The van der Waals surface area contributed by atoms with E-state index >= 15 is 0 Å². The minimum atomic E-state index is -0.0237. The van der Waals surface area contributed by atoms with E-state index in [0.29, 0.717) is 31.1 Å². The van der Waals surface area contributed by atoms with E-state index in [0.717, 1.165) is 18.1 Å². The van der Waals surface area contributed by atoms with Gasteiger partial charge in [0.2, 0.25) is 0 Å². The van der Waals surface area contributed by atoms with Crippen LogP contribution in [0.3, 0.4) is 0 Å². The third-order valence-electron chi connectivity index (χ3n) is 3.43. The lowest BCUT2D eigenvalue weighted by Gasteiger charge is -2.33. The van der Waals surface area contributed by atoms with Crippen molar-refractivity contribution >= 4 is 17.2 Å². The van der Waals surface area contributed by atoms with Gasteiger partial charge in [0.25, 0.3) is 5.91 Å². The van der Waals surface area contributed by atoms with Crippen LogP contribution in [0.2, 0.25) is 0 Å². The topological polar surface area (TPSA) is 49.6 Å². The van der Waals surface area contributed by atoms with Crippen LogP contribution in [-0.4, -0.2) is 53.4 Å². The minimum absolute atomic E-state index is 0.0237. The predicted molar refractivity (Wildman–Crippen MR) is 81.0 cm³/mol. The zero-order chi connectivity index (χ0) is 14.7. The van der Waals surface area contributed by atoms with E-state index in [-0.39, 0.29) is 5.91 Å². The lowest BCUT2D eigenvalue weighted by Crippen LogP contribution is -2.48. The number of thiazole rings is 1. The molecule has 2 aromatic heterocycles. The van der Waals surface area contributed by atoms with Crippen LogP contribution in [0.4, 0.5) is 0 Å². The van der Waals surface area contributed by atoms with E-state index in [9.17, 15) is 4.79 Å². The molecule has 1 amide bonds. The molecule has 0 atom stereocenters. The molecule has 21 heavy (non-hydrogen) atoms. The Morgan fingerprint density at radius 2 is 2.24 bits per heavy atom. The molecule has 0 bridgehead atoms. The fourth-order valence-electron chi connectivity index (χ4n) is 2.29. The Labute approximate surface area is 127 Å². The van der Waals surface area contributed by atoms with Crippen LogP contribution in [0.25, 0.3) is 10.8 Å². The number of furan rings is 1. The fraction of sp³-hybridized carbons (Fsp3) is 0.333. The van der Waals surface area contributed by atoms with Crippen LogP contribution in [0.5, 0.6) is 0 Å². The van der Waals surface area contributed by atoms with Crippen LogP contribution < -0.4 is 0 Å². The number of carbonyl (C=O) groups is 1. The number of piperazine rings is 1. The Morgan fingerprint density at radius 1 is 1.43 bits per heavy atom. The second-order valence-corrected chi connectivity index (χ2v) is 5.65. The number of hydrogen-bond donors (Lipinski definition) is 0. The maximum absolute atomic E-state index is 12.4. The number of hydrogen-bond acceptors (Lipinski definition) is 5. The molecule has 3 rings (SSSR count). The van der Waals surface area contributed by atoms with Crippen LogP contribution in [0.15, 0.2) is 28.2 Å².